The molecule has 0 aromatic heterocycles. The first-order valence-corrected chi connectivity index (χ1v) is 10.2. The Bertz CT molecular complexity index is 726. The molecule has 0 saturated carbocycles. The van der Waals surface area contributed by atoms with Crippen LogP contribution in [0, 0.1) is 5.92 Å². The van der Waals surface area contributed by atoms with Crippen LogP contribution in [0.2, 0.25) is 0 Å². The van der Waals surface area contributed by atoms with Gasteiger partial charge in [0.05, 0.1) is 26.8 Å². The Morgan fingerprint density at radius 2 is 1.57 bits per heavy atom. The van der Waals surface area contributed by atoms with Crippen LogP contribution in [0.5, 0.6) is 0 Å². The number of esters is 2. The summed E-state index contributed by atoms with van der Waals surface area (Å²) in [5, 5.41) is 2.58. The molecular formula is C18H26NO8P. The van der Waals surface area contributed by atoms with Gasteiger partial charge in [-0.2, -0.15) is 0 Å². The summed E-state index contributed by atoms with van der Waals surface area (Å²) in [6, 6.07) is 5.27. The molecule has 0 bridgehead atoms. The third kappa shape index (κ3) is 6.74. The average Bonchev–Trinajstić information content (AvgIpc) is 2.71. The van der Waals surface area contributed by atoms with Crippen LogP contribution in [0.1, 0.15) is 29.3 Å². The van der Waals surface area contributed by atoms with Gasteiger partial charge in [-0.25, -0.2) is 4.79 Å². The van der Waals surface area contributed by atoms with Crippen molar-refractivity contribution in [3.8, 4) is 0 Å². The highest BCUT2D eigenvalue weighted by atomic mass is 31.2. The molecular weight excluding hydrogens is 389 g/mol. The predicted octanol–water partition coefficient (Wildman–Crippen LogP) is 2.14. The second kappa shape index (κ2) is 10.9. The lowest BCUT2D eigenvalue weighted by atomic mass is 9.97. The maximum absolute atomic E-state index is 12.5. The lowest BCUT2D eigenvalue weighted by Gasteiger charge is -2.22. The molecule has 0 saturated heterocycles. The molecule has 0 aliphatic heterocycles. The molecule has 0 radical (unpaired) electrons. The van der Waals surface area contributed by atoms with E-state index in [0.29, 0.717) is 5.56 Å². The van der Waals surface area contributed by atoms with Crippen molar-refractivity contribution >= 4 is 25.4 Å². The Morgan fingerprint density at radius 3 is 2.04 bits per heavy atom. The van der Waals surface area contributed by atoms with Gasteiger partial charge in [-0.1, -0.05) is 19.1 Å². The Labute approximate surface area is 164 Å². The van der Waals surface area contributed by atoms with Crippen LogP contribution >= 0.6 is 7.60 Å². The summed E-state index contributed by atoms with van der Waals surface area (Å²) in [4.78, 5) is 36.0. The van der Waals surface area contributed by atoms with Crippen molar-refractivity contribution in [2.24, 2.45) is 5.92 Å². The SMILES string of the molecule is COC(=O)C[C@H](C)[C@H](NC(=O)c1ccc(CP(=O)(OC)OC)cc1)C(=O)OC. The molecule has 0 fully saturated rings. The van der Waals surface area contributed by atoms with Crippen molar-refractivity contribution in [3.05, 3.63) is 35.4 Å². The number of rotatable bonds is 10. The number of ether oxygens (including phenoxy) is 2. The monoisotopic (exact) mass is 415 g/mol. The Balaban J connectivity index is 2.89. The minimum Gasteiger partial charge on any atom is -0.469 e. The second-order valence-corrected chi connectivity index (χ2v) is 8.33. The largest absolute Gasteiger partial charge is 0.469 e. The fourth-order valence-electron chi connectivity index (χ4n) is 2.44. The van der Waals surface area contributed by atoms with Crippen molar-refractivity contribution < 1.29 is 37.5 Å². The molecule has 1 aromatic carbocycles. The second-order valence-electron chi connectivity index (χ2n) is 6.06. The van der Waals surface area contributed by atoms with Gasteiger partial charge >= 0.3 is 19.5 Å². The molecule has 0 aliphatic carbocycles. The van der Waals surface area contributed by atoms with Crippen molar-refractivity contribution in [3.63, 3.8) is 0 Å². The van der Waals surface area contributed by atoms with Crippen LogP contribution in [0.3, 0.4) is 0 Å². The summed E-state index contributed by atoms with van der Waals surface area (Å²) in [7, 11) is 1.83. The smallest absolute Gasteiger partial charge is 0.334 e. The van der Waals surface area contributed by atoms with E-state index in [0.717, 1.165) is 0 Å². The van der Waals surface area contributed by atoms with Gasteiger partial charge in [0, 0.05) is 19.8 Å². The minimum atomic E-state index is -3.22. The summed E-state index contributed by atoms with van der Waals surface area (Å²) in [5.41, 5.74) is 0.944. The predicted molar refractivity (Wildman–Crippen MR) is 101 cm³/mol. The fraction of sp³-hybridized carbons (Fsp3) is 0.500. The summed E-state index contributed by atoms with van der Waals surface area (Å²) in [5.74, 6) is -2.21. The zero-order valence-corrected chi connectivity index (χ0v) is 17.5. The molecule has 0 aliphatic rings. The van der Waals surface area contributed by atoms with Crippen LogP contribution in [-0.4, -0.2) is 52.3 Å². The number of amides is 1. The van der Waals surface area contributed by atoms with E-state index in [-0.39, 0.29) is 18.1 Å². The first-order valence-electron chi connectivity index (χ1n) is 8.44. The van der Waals surface area contributed by atoms with Crippen LogP contribution in [0.25, 0.3) is 0 Å². The van der Waals surface area contributed by atoms with E-state index in [9.17, 15) is 18.9 Å². The number of hydrogen-bond acceptors (Lipinski definition) is 8. The van der Waals surface area contributed by atoms with E-state index < -0.39 is 37.4 Å². The van der Waals surface area contributed by atoms with E-state index in [1.54, 1.807) is 19.1 Å². The summed E-state index contributed by atoms with van der Waals surface area (Å²) in [6.07, 6.45) is 0.00164. The van der Waals surface area contributed by atoms with Gasteiger partial charge in [-0.05, 0) is 23.6 Å². The zero-order valence-electron chi connectivity index (χ0n) is 16.6. The molecule has 1 amide bonds. The maximum Gasteiger partial charge on any atom is 0.334 e. The molecule has 1 rings (SSSR count). The van der Waals surface area contributed by atoms with E-state index in [1.807, 2.05) is 0 Å². The number of carbonyl (C=O) groups excluding carboxylic acids is 3. The molecule has 0 unspecified atom stereocenters. The Morgan fingerprint density at radius 1 is 1.00 bits per heavy atom. The molecule has 0 heterocycles. The van der Waals surface area contributed by atoms with Crippen LogP contribution in [0.4, 0.5) is 0 Å². The Hall–Kier alpha value is -2.22. The van der Waals surface area contributed by atoms with Gasteiger partial charge in [0.25, 0.3) is 5.91 Å². The van der Waals surface area contributed by atoms with Crippen molar-refractivity contribution in [1.82, 2.24) is 5.32 Å². The first kappa shape index (κ1) is 23.8. The molecule has 9 nitrogen and oxygen atoms in total. The minimum absolute atomic E-state index is 0.0567. The highest BCUT2D eigenvalue weighted by molar-refractivity contribution is 7.52. The molecule has 1 N–H and O–H groups in total. The third-order valence-corrected chi connectivity index (χ3v) is 6.04. The lowest BCUT2D eigenvalue weighted by molar-refractivity contribution is -0.146. The van der Waals surface area contributed by atoms with E-state index in [4.69, 9.17) is 13.8 Å². The van der Waals surface area contributed by atoms with Crippen LogP contribution in [-0.2, 0) is 38.8 Å². The third-order valence-electron chi connectivity index (χ3n) is 4.18. The maximum atomic E-state index is 12.5. The first-order chi connectivity index (χ1) is 13.2. The molecule has 156 valence electrons. The van der Waals surface area contributed by atoms with Gasteiger partial charge in [-0.15, -0.1) is 0 Å². The van der Waals surface area contributed by atoms with Gasteiger partial charge in [-0.3, -0.25) is 14.2 Å². The number of carbonyl (C=O) groups is 3. The number of hydrogen-bond donors (Lipinski definition) is 1. The van der Waals surface area contributed by atoms with Crippen molar-refractivity contribution in [2.45, 2.75) is 25.5 Å². The molecule has 0 spiro atoms. The average molecular weight is 415 g/mol. The van der Waals surface area contributed by atoms with Gasteiger partial charge in [0.1, 0.15) is 6.04 Å². The van der Waals surface area contributed by atoms with Crippen LogP contribution < -0.4 is 5.32 Å². The summed E-state index contributed by atoms with van der Waals surface area (Å²) < 4.78 is 31.3. The molecule has 28 heavy (non-hydrogen) atoms. The zero-order chi connectivity index (χ0) is 21.3. The highest BCUT2D eigenvalue weighted by Crippen LogP contribution is 2.49. The van der Waals surface area contributed by atoms with Crippen LogP contribution in [0.15, 0.2) is 24.3 Å². The van der Waals surface area contributed by atoms with Crippen molar-refractivity contribution in [2.75, 3.05) is 28.4 Å². The highest BCUT2D eigenvalue weighted by Gasteiger charge is 2.30. The number of nitrogens with one attached hydrogen (secondary N) is 1. The normalized spacial score (nSPS) is 13.3. The Kier molecular flexibility index (Phi) is 9.31. The van der Waals surface area contributed by atoms with E-state index in [2.05, 4.69) is 10.1 Å². The fourth-order valence-corrected chi connectivity index (χ4v) is 3.50. The molecule has 1 aromatic rings. The number of benzene rings is 1. The van der Waals surface area contributed by atoms with E-state index in [1.165, 1.54) is 40.6 Å². The van der Waals surface area contributed by atoms with Crippen molar-refractivity contribution in [1.29, 1.82) is 0 Å². The lowest BCUT2D eigenvalue weighted by Crippen LogP contribution is -2.46. The molecule has 2 atom stereocenters. The summed E-state index contributed by atoms with van der Waals surface area (Å²) >= 11 is 0. The summed E-state index contributed by atoms with van der Waals surface area (Å²) in [6.45, 7) is 1.63. The quantitative estimate of drug-likeness (QED) is 0.456. The van der Waals surface area contributed by atoms with Gasteiger partial charge in [0.2, 0.25) is 0 Å². The molecule has 10 heteroatoms. The van der Waals surface area contributed by atoms with E-state index >= 15 is 0 Å². The standard InChI is InChI=1S/C18H26NO8P/c1-12(10-15(20)24-2)16(18(22)25-3)19-17(21)14-8-6-13(7-9-14)11-28(23,26-4)27-5/h6-9,12,16H,10-11H2,1-5H3,(H,19,21)/t12-,16-/m0/s1. The number of methoxy groups -OCH3 is 2. The topological polar surface area (TPSA) is 117 Å². The van der Waals surface area contributed by atoms with Gasteiger partial charge in [0.15, 0.2) is 0 Å². The van der Waals surface area contributed by atoms with Gasteiger partial charge < -0.3 is 23.8 Å².